The quantitative estimate of drug-likeness (QED) is 0.466. The highest BCUT2D eigenvalue weighted by molar-refractivity contribution is 5.99. The van der Waals surface area contributed by atoms with E-state index in [2.05, 4.69) is 13.0 Å². The second-order valence-electron chi connectivity index (χ2n) is 3.34. The first-order valence-electron chi connectivity index (χ1n) is 4.73. The Hall–Kier alpha value is -2.23. The molecule has 0 atom stereocenters. The van der Waals surface area contributed by atoms with Crippen molar-refractivity contribution < 1.29 is 9.90 Å². The number of hydrogen-bond donors (Lipinski definition) is 3. The fourth-order valence-corrected chi connectivity index (χ4v) is 1.56. The van der Waals surface area contributed by atoms with Gasteiger partial charge in [0.1, 0.15) is 0 Å². The van der Waals surface area contributed by atoms with Crippen molar-refractivity contribution in [3.8, 4) is 0 Å². The van der Waals surface area contributed by atoms with Crippen molar-refractivity contribution in [2.24, 2.45) is 0 Å². The molecule has 0 bridgehead atoms. The van der Waals surface area contributed by atoms with Gasteiger partial charge in [0.2, 0.25) is 0 Å². The van der Waals surface area contributed by atoms with Gasteiger partial charge in [0.15, 0.2) is 0 Å². The van der Waals surface area contributed by atoms with Gasteiger partial charge in [-0.15, -0.1) is 0 Å². The average molecular weight is 218 g/mol. The van der Waals surface area contributed by atoms with Crippen molar-refractivity contribution in [1.29, 1.82) is 0 Å². The molecule has 84 valence electrons. The van der Waals surface area contributed by atoms with E-state index < -0.39 is 0 Å². The highest BCUT2D eigenvalue weighted by atomic mass is 16.3. The molecule has 2 rings (SSSR count). The molecule has 0 aliphatic rings. The van der Waals surface area contributed by atoms with Gasteiger partial charge in [-0.2, -0.15) is 0 Å². The molecule has 0 aliphatic carbocycles. The normalized spacial score (nSPS) is 9.31. The molecule has 2 aromatic carbocycles. The van der Waals surface area contributed by atoms with Crippen molar-refractivity contribution in [3.05, 3.63) is 35.9 Å². The van der Waals surface area contributed by atoms with Gasteiger partial charge in [-0.25, -0.2) is 0 Å². The first-order valence-corrected chi connectivity index (χ1v) is 4.73. The second-order valence-corrected chi connectivity index (χ2v) is 3.34. The molecule has 0 fully saturated rings. The molecular weight excluding hydrogens is 204 g/mol. The lowest BCUT2D eigenvalue weighted by molar-refractivity contribution is -0.122. The summed E-state index contributed by atoms with van der Waals surface area (Å²) in [6.07, 6.45) is 0. The molecule has 16 heavy (non-hydrogen) atoms. The Balaban J connectivity index is 0.000000386. The van der Waals surface area contributed by atoms with Crippen LogP contribution in [0.15, 0.2) is 30.3 Å². The largest absolute Gasteiger partial charge is 0.483 e. The molecule has 4 heteroatoms. The zero-order valence-corrected chi connectivity index (χ0v) is 8.97. The Kier molecular flexibility index (Phi) is 3.72. The molecule has 0 aliphatic heterocycles. The predicted octanol–water partition coefficient (Wildman–Crippen LogP) is 2.01. The fraction of sp³-hybridized carbons (Fsp3) is 0.0833. The zero-order valence-electron chi connectivity index (χ0n) is 8.97. The van der Waals surface area contributed by atoms with Crippen molar-refractivity contribution in [1.82, 2.24) is 0 Å². The van der Waals surface area contributed by atoms with Crippen LogP contribution in [0.2, 0.25) is 0 Å². The summed E-state index contributed by atoms with van der Waals surface area (Å²) < 4.78 is 0. The Morgan fingerprint density at radius 3 is 2.38 bits per heavy atom. The standard InChI is InChI=1S/C11H12N2.CH2O2/c1-7-3-2-4-9-8(7)5-6-10(12)11(9)13;2-1-3/h2-6H,12-13H2,1H3;1H,(H,2,3). The maximum atomic E-state index is 8.36. The number of nitrogens with two attached hydrogens (primary N) is 2. The highest BCUT2D eigenvalue weighted by Gasteiger charge is 2.02. The smallest absolute Gasteiger partial charge is 0.290 e. The van der Waals surface area contributed by atoms with Gasteiger partial charge in [-0.05, 0) is 23.9 Å². The minimum absolute atomic E-state index is 0.250. The summed E-state index contributed by atoms with van der Waals surface area (Å²) in [5, 5.41) is 9.11. The third kappa shape index (κ3) is 2.23. The Morgan fingerprint density at radius 1 is 1.12 bits per heavy atom. The summed E-state index contributed by atoms with van der Waals surface area (Å²) in [5.74, 6) is 0. The maximum Gasteiger partial charge on any atom is 0.290 e. The van der Waals surface area contributed by atoms with Crippen LogP contribution in [0.3, 0.4) is 0 Å². The van der Waals surface area contributed by atoms with Crippen LogP contribution in [0.1, 0.15) is 5.56 Å². The zero-order chi connectivity index (χ0) is 12.1. The summed E-state index contributed by atoms with van der Waals surface area (Å²) in [6.45, 7) is 1.82. The topological polar surface area (TPSA) is 89.3 Å². The number of aryl methyl sites for hydroxylation is 1. The van der Waals surface area contributed by atoms with Crippen LogP contribution < -0.4 is 11.5 Å². The van der Waals surface area contributed by atoms with E-state index in [0.717, 1.165) is 5.39 Å². The number of rotatable bonds is 0. The van der Waals surface area contributed by atoms with Gasteiger partial charge in [-0.1, -0.05) is 24.3 Å². The third-order valence-electron chi connectivity index (χ3n) is 2.35. The van der Waals surface area contributed by atoms with Crippen LogP contribution in [0.25, 0.3) is 10.8 Å². The van der Waals surface area contributed by atoms with Crippen LogP contribution in [-0.2, 0) is 4.79 Å². The predicted molar refractivity (Wildman–Crippen MR) is 66.2 cm³/mol. The average Bonchev–Trinajstić information content (AvgIpc) is 2.25. The van der Waals surface area contributed by atoms with Gasteiger partial charge in [-0.3, -0.25) is 4.79 Å². The highest BCUT2D eigenvalue weighted by Crippen LogP contribution is 2.28. The van der Waals surface area contributed by atoms with Gasteiger partial charge in [0.25, 0.3) is 6.47 Å². The lowest BCUT2D eigenvalue weighted by atomic mass is 10.0. The van der Waals surface area contributed by atoms with E-state index in [1.54, 1.807) is 0 Å². The number of benzene rings is 2. The van der Waals surface area contributed by atoms with Crippen LogP contribution >= 0.6 is 0 Å². The Morgan fingerprint density at radius 2 is 1.75 bits per heavy atom. The minimum atomic E-state index is -0.250. The Bertz CT molecular complexity index is 510. The molecule has 0 saturated carbocycles. The summed E-state index contributed by atoms with van der Waals surface area (Å²) >= 11 is 0. The lowest BCUT2D eigenvalue weighted by Crippen LogP contribution is -1.95. The van der Waals surface area contributed by atoms with Crippen molar-refractivity contribution in [3.63, 3.8) is 0 Å². The molecular formula is C12H14N2O2. The van der Waals surface area contributed by atoms with Crippen molar-refractivity contribution in [2.45, 2.75) is 6.92 Å². The third-order valence-corrected chi connectivity index (χ3v) is 2.35. The minimum Gasteiger partial charge on any atom is -0.483 e. The van der Waals surface area contributed by atoms with E-state index in [4.69, 9.17) is 21.4 Å². The number of carboxylic acid groups (broad SMARTS) is 1. The molecule has 0 radical (unpaired) electrons. The van der Waals surface area contributed by atoms with Crippen LogP contribution in [0.5, 0.6) is 0 Å². The van der Waals surface area contributed by atoms with E-state index in [-0.39, 0.29) is 6.47 Å². The summed E-state index contributed by atoms with van der Waals surface area (Å²) in [6, 6.07) is 9.92. The van der Waals surface area contributed by atoms with Crippen molar-refractivity contribution >= 4 is 28.6 Å². The van der Waals surface area contributed by atoms with E-state index in [9.17, 15) is 0 Å². The van der Waals surface area contributed by atoms with Crippen LogP contribution in [-0.4, -0.2) is 11.6 Å². The molecule has 5 N–H and O–H groups in total. The lowest BCUT2D eigenvalue weighted by Gasteiger charge is -2.06. The van der Waals surface area contributed by atoms with Crippen LogP contribution in [0, 0.1) is 6.92 Å². The van der Waals surface area contributed by atoms with Crippen LogP contribution in [0.4, 0.5) is 11.4 Å². The molecule has 0 amide bonds. The Labute approximate surface area is 93.5 Å². The molecule has 0 unspecified atom stereocenters. The molecule has 0 spiro atoms. The maximum absolute atomic E-state index is 8.36. The molecule has 0 heterocycles. The van der Waals surface area contributed by atoms with E-state index in [0.29, 0.717) is 11.4 Å². The van der Waals surface area contributed by atoms with E-state index >= 15 is 0 Å². The SMILES string of the molecule is Cc1cccc2c(N)c(N)ccc12.O=CO. The molecule has 0 saturated heterocycles. The van der Waals surface area contributed by atoms with E-state index in [1.807, 2.05) is 24.3 Å². The summed E-state index contributed by atoms with van der Waals surface area (Å²) in [4.78, 5) is 8.36. The number of carbonyl (C=O) groups is 1. The second kappa shape index (κ2) is 5.02. The first kappa shape index (κ1) is 11.8. The van der Waals surface area contributed by atoms with Gasteiger partial charge < -0.3 is 16.6 Å². The van der Waals surface area contributed by atoms with E-state index in [1.165, 1.54) is 10.9 Å². The fourth-order valence-electron chi connectivity index (χ4n) is 1.56. The number of anilines is 2. The number of hydrogen-bond acceptors (Lipinski definition) is 3. The first-order chi connectivity index (χ1) is 7.61. The summed E-state index contributed by atoms with van der Waals surface area (Å²) in [7, 11) is 0. The van der Waals surface area contributed by atoms with Gasteiger partial charge in [0.05, 0.1) is 11.4 Å². The summed E-state index contributed by atoms with van der Waals surface area (Å²) in [5.41, 5.74) is 14.1. The van der Waals surface area contributed by atoms with Gasteiger partial charge >= 0.3 is 0 Å². The van der Waals surface area contributed by atoms with Crippen molar-refractivity contribution in [2.75, 3.05) is 11.5 Å². The number of nitrogen functional groups attached to an aromatic ring is 2. The monoisotopic (exact) mass is 218 g/mol. The number of fused-ring (bicyclic) bond motifs is 1. The molecule has 0 aromatic heterocycles. The molecule has 2 aromatic rings. The molecule has 4 nitrogen and oxygen atoms in total. The van der Waals surface area contributed by atoms with Gasteiger partial charge in [0, 0.05) is 5.39 Å².